The van der Waals surface area contributed by atoms with E-state index < -0.39 is 46.4 Å². The van der Waals surface area contributed by atoms with Gasteiger partial charge in [-0.1, -0.05) is 17.5 Å². The average molecular weight is 535 g/mol. The van der Waals surface area contributed by atoms with Crippen LogP contribution >= 0.6 is 11.6 Å². The van der Waals surface area contributed by atoms with Crippen molar-refractivity contribution in [3.05, 3.63) is 82.4 Å². The summed E-state index contributed by atoms with van der Waals surface area (Å²) in [6, 6.07) is 5.19. The lowest BCUT2D eigenvalue weighted by atomic mass is 10.2. The molecule has 3 heterocycles. The molecule has 4 rings (SSSR count). The molecule has 0 unspecified atom stereocenters. The van der Waals surface area contributed by atoms with Crippen molar-refractivity contribution >= 4 is 29.0 Å². The highest BCUT2D eigenvalue weighted by Gasteiger charge is 2.41. The van der Waals surface area contributed by atoms with Crippen LogP contribution in [-0.4, -0.2) is 25.7 Å². The zero-order valence-corrected chi connectivity index (χ0v) is 18.9. The number of nitrogens with two attached hydrogens (primary N) is 1. The summed E-state index contributed by atoms with van der Waals surface area (Å²) in [5.41, 5.74) is 2.62. The third kappa shape index (κ3) is 5.00. The first-order chi connectivity index (χ1) is 17.5. The summed E-state index contributed by atoms with van der Waals surface area (Å²) in [5, 5.41) is 5.44. The normalized spacial score (nSPS) is 11.2. The number of terminal acetylenes is 1. The summed E-state index contributed by atoms with van der Waals surface area (Å²) < 4.78 is 76.5. The van der Waals surface area contributed by atoms with Gasteiger partial charge in [0.15, 0.2) is 28.9 Å². The van der Waals surface area contributed by atoms with Crippen molar-refractivity contribution in [3.8, 4) is 29.7 Å². The van der Waals surface area contributed by atoms with Gasteiger partial charge in [0.1, 0.15) is 17.1 Å². The van der Waals surface area contributed by atoms with Crippen LogP contribution in [-0.2, 0) is 6.18 Å². The summed E-state index contributed by atoms with van der Waals surface area (Å²) >= 11 is 5.93. The van der Waals surface area contributed by atoms with Crippen LogP contribution in [0.4, 0.5) is 33.5 Å². The number of carbonyl (C=O) groups is 1. The van der Waals surface area contributed by atoms with Crippen LogP contribution in [0.5, 0.6) is 11.5 Å². The molecule has 0 radical (unpaired) electrons. The maximum absolute atomic E-state index is 14.7. The van der Waals surface area contributed by atoms with Crippen LogP contribution in [0.3, 0.4) is 0 Å². The number of hydrogen-bond donors (Lipinski definition) is 2. The summed E-state index contributed by atoms with van der Waals surface area (Å²) in [6.07, 6.45) is 3.27. The fourth-order valence-electron chi connectivity index (χ4n) is 3.21. The predicted molar refractivity (Wildman–Crippen MR) is 122 cm³/mol. The SMILES string of the molecule is C#Cc1c(Oc2c(F)cc(NC(=O)c3cnn(-c4ncccc4Cl)c3C(F)(F)F)cc2F)ccnc1N. The number of nitrogen functional groups attached to an aromatic ring is 1. The quantitative estimate of drug-likeness (QED) is 0.268. The molecule has 0 aliphatic heterocycles. The summed E-state index contributed by atoms with van der Waals surface area (Å²) in [5.74, 6) is -3.30. The molecule has 0 saturated carbocycles. The van der Waals surface area contributed by atoms with Gasteiger partial charge in [0.2, 0.25) is 0 Å². The van der Waals surface area contributed by atoms with Crippen LogP contribution in [0, 0.1) is 24.0 Å². The molecule has 0 fully saturated rings. The number of hydrogen-bond acceptors (Lipinski definition) is 6. The third-order valence-electron chi connectivity index (χ3n) is 4.78. The minimum absolute atomic E-state index is 0.0524. The van der Waals surface area contributed by atoms with E-state index in [-0.39, 0.29) is 28.0 Å². The number of ether oxygens (including phenoxy) is 1. The number of aromatic nitrogens is 4. The molecule has 0 bridgehead atoms. The van der Waals surface area contributed by atoms with Crippen LogP contribution in [0.25, 0.3) is 5.82 Å². The lowest BCUT2D eigenvalue weighted by molar-refractivity contribution is -0.143. The highest BCUT2D eigenvalue weighted by Crippen LogP contribution is 2.36. The highest BCUT2D eigenvalue weighted by molar-refractivity contribution is 6.32. The lowest BCUT2D eigenvalue weighted by Crippen LogP contribution is -2.21. The molecule has 0 aliphatic rings. The molecule has 1 aromatic carbocycles. The second-order valence-corrected chi connectivity index (χ2v) is 7.57. The Bertz CT molecular complexity index is 1540. The van der Waals surface area contributed by atoms with Crippen molar-refractivity contribution < 1.29 is 31.5 Å². The van der Waals surface area contributed by atoms with Gasteiger partial charge in [0.05, 0.1) is 16.8 Å². The number of nitrogens with one attached hydrogen (secondary N) is 1. The fourth-order valence-corrected chi connectivity index (χ4v) is 3.41. The number of anilines is 2. The monoisotopic (exact) mass is 534 g/mol. The van der Waals surface area contributed by atoms with E-state index in [2.05, 4.69) is 21.0 Å². The number of carbonyl (C=O) groups excluding carboxylic acids is 1. The van der Waals surface area contributed by atoms with Crippen LogP contribution in [0.2, 0.25) is 5.02 Å². The smallest absolute Gasteiger partial charge is 0.434 e. The van der Waals surface area contributed by atoms with E-state index in [0.29, 0.717) is 23.0 Å². The Morgan fingerprint density at radius 2 is 1.86 bits per heavy atom. The molecule has 3 aromatic heterocycles. The second-order valence-electron chi connectivity index (χ2n) is 7.16. The molecule has 4 aromatic rings. The van der Waals surface area contributed by atoms with Gasteiger partial charge in [-0.25, -0.2) is 23.4 Å². The van der Waals surface area contributed by atoms with Crippen LogP contribution < -0.4 is 15.8 Å². The zero-order chi connectivity index (χ0) is 26.9. The Kier molecular flexibility index (Phi) is 6.69. The number of pyridine rings is 2. The van der Waals surface area contributed by atoms with Gasteiger partial charge in [-0.15, -0.1) is 6.42 Å². The maximum atomic E-state index is 14.7. The minimum atomic E-state index is -5.07. The Morgan fingerprint density at radius 1 is 1.16 bits per heavy atom. The predicted octanol–water partition coefficient (Wildman–Crippen LogP) is 5.22. The van der Waals surface area contributed by atoms with Crippen LogP contribution in [0.15, 0.2) is 48.9 Å². The van der Waals surface area contributed by atoms with Crippen LogP contribution in [0.1, 0.15) is 21.6 Å². The number of halogens is 6. The highest BCUT2D eigenvalue weighted by atomic mass is 35.5. The van der Waals surface area contributed by atoms with E-state index in [1.807, 2.05) is 5.32 Å². The van der Waals surface area contributed by atoms with Gasteiger partial charge in [-0.05, 0) is 12.1 Å². The van der Waals surface area contributed by atoms with Gasteiger partial charge >= 0.3 is 6.18 Å². The fraction of sp³-hybridized carbons (Fsp3) is 0.0435. The summed E-state index contributed by atoms with van der Waals surface area (Å²) in [7, 11) is 0. The van der Waals surface area contributed by atoms with E-state index >= 15 is 0 Å². The summed E-state index contributed by atoms with van der Waals surface area (Å²) in [4.78, 5) is 20.2. The number of rotatable bonds is 5. The van der Waals surface area contributed by atoms with Gasteiger partial charge in [-0.2, -0.15) is 18.3 Å². The topological polar surface area (TPSA) is 108 Å². The van der Waals surface area contributed by atoms with Crippen molar-refractivity contribution in [3.63, 3.8) is 0 Å². The maximum Gasteiger partial charge on any atom is 0.434 e. The first-order valence-electron chi connectivity index (χ1n) is 9.96. The van der Waals surface area contributed by atoms with Crippen molar-refractivity contribution in [1.29, 1.82) is 0 Å². The molecule has 3 N–H and O–H groups in total. The standard InChI is InChI=1S/C23H12ClF5N6O2/c1-2-12-17(5-7-31-20(12)30)37-18-15(25)8-11(9-16(18)26)34-22(36)13-10-33-35(19(13)23(27,28)29)21-14(24)4-3-6-32-21/h1,3-10H,(H2,30,31)(H,34,36). The molecule has 0 atom stereocenters. The lowest BCUT2D eigenvalue weighted by Gasteiger charge is -2.14. The molecular weight excluding hydrogens is 523 g/mol. The van der Waals surface area contributed by atoms with E-state index in [0.717, 1.165) is 0 Å². The molecule has 188 valence electrons. The first kappa shape index (κ1) is 25.4. The molecule has 0 spiro atoms. The first-order valence-corrected chi connectivity index (χ1v) is 10.3. The van der Waals surface area contributed by atoms with Gasteiger partial charge in [0, 0.05) is 36.3 Å². The van der Waals surface area contributed by atoms with Gasteiger partial charge < -0.3 is 15.8 Å². The Morgan fingerprint density at radius 3 is 2.49 bits per heavy atom. The molecule has 37 heavy (non-hydrogen) atoms. The van der Waals surface area contributed by atoms with Gasteiger partial charge in [0.25, 0.3) is 5.91 Å². The largest absolute Gasteiger partial charge is 0.450 e. The molecule has 1 amide bonds. The van der Waals surface area contributed by atoms with E-state index in [4.69, 9.17) is 28.5 Å². The number of amides is 1. The zero-order valence-electron chi connectivity index (χ0n) is 18.1. The van der Waals surface area contributed by atoms with E-state index in [1.54, 1.807) is 0 Å². The Hall–Kier alpha value is -4.70. The summed E-state index contributed by atoms with van der Waals surface area (Å²) in [6.45, 7) is 0. The molecular formula is C23H12ClF5N6O2. The molecule has 0 aliphatic carbocycles. The molecule has 0 saturated heterocycles. The third-order valence-corrected chi connectivity index (χ3v) is 5.07. The van der Waals surface area contributed by atoms with E-state index in [9.17, 15) is 26.7 Å². The average Bonchev–Trinajstić information content (AvgIpc) is 3.28. The number of benzene rings is 1. The second kappa shape index (κ2) is 9.75. The van der Waals surface area contributed by atoms with Crippen molar-refractivity contribution in [2.24, 2.45) is 0 Å². The van der Waals surface area contributed by atoms with Gasteiger partial charge in [-0.3, -0.25) is 4.79 Å². The Labute approximate surface area is 209 Å². The van der Waals surface area contributed by atoms with Crippen molar-refractivity contribution in [2.75, 3.05) is 11.1 Å². The van der Waals surface area contributed by atoms with Crippen molar-refractivity contribution in [1.82, 2.24) is 19.7 Å². The number of nitrogens with zero attached hydrogens (tertiary/aromatic N) is 4. The van der Waals surface area contributed by atoms with E-state index in [1.165, 1.54) is 30.6 Å². The molecule has 14 heteroatoms. The molecule has 8 nitrogen and oxygen atoms in total. The number of alkyl halides is 3. The minimum Gasteiger partial charge on any atom is -0.450 e. The Balaban J connectivity index is 1.66. The van der Waals surface area contributed by atoms with Crippen molar-refractivity contribution in [2.45, 2.75) is 6.18 Å².